The molecule has 0 fully saturated rings. The minimum absolute atomic E-state index is 0.172. The van der Waals surface area contributed by atoms with Gasteiger partial charge >= 0.3 is 0 Å². The van der Waals surface area contributed by atoms with Gasteiger partial charge in [0.25, 0.3) is 0 Å². The van der Waals surface area contributed by atoms with Gasteiger partial charge in [0.05, 0.1) is 0 Å². The third kappa shape index (κ3) is 2.77. The fourth-order valence-corrected chi connectivity index (χ4v) is 4.27. The van der Waals surface area contributed by atoms with Crippen LogP contribution in [0.3, 0.4) is 0 Å². The van der Waals surface area contributed by atoms with Crippen LogP contribution in [0.2, 0.25) is 0 Å². The predicted molar refractivity (Wildman–Crippen MR) is 98.1 cm³/mol. The quantitative estimate of drug-likeness (QED) is 0.822. The van der Waals surface area contributed by atoms with Crippen molar-refractivity contribution in [1.29, 1.82) is 0 Å². The van der Waals surface area contributed by atoms with Crippen LogP contribution in [0.15, 0.2) is 30.4 Å². The molecule has 2 atom stereocenters. The van der Waals surface area contributed by atoms with Crippen LogP contribution in [-0.2, 0) is 24.1 Å². The molecule has 0 unspecified atom stereocenters. The van der Waals surface area contributed by atoms with E-state index in [0.29, 0.717) is 0 Å². The number of nitrogens with one attached hydrogen (secondary N) is 2. The maximum Gasteiger partial charge on any atom is 0.223 e. The van der Waals surface area contributed by atoms with E-state index in [9.17, 15) is 4.79 Å². The number of fused-ring (bicyclic) bond motifs is 3. The van der Waals surface area contributed by atoms with Gasteiger partial charge in [-0.3, -0.25) is 4.79 Å². The van der Waals surface area contributed by atoms with Gasteiger partial charge in [0.15, 0.2) is 0 Å². The number of carbonyl (C=O) groups excluding carboxylic acids is 1. The number of H-pyrrole nitrogens is 1. The summed E-state index contributed by atoms with van der Waals surface area (Å²) in [6.45, 7) is 2.20. The molecule has 0 radical (unpaired) electrons. The third-order valence-electron chi connectivity index (χ3n) is 5.68. The van der Waals surface area contributed by atoms with Crippen LogP contribution in [0.5, 0.6) is 0 Å². The summed E-state index contributed by atoms with van der Waals surface area (Å²) in [7, 11) is 0. The molecule has 0 saturated carbocycles. The zero-order valence-electron chi connectivity index (χ0n) is 14.4. The molecule has 2 aliphatic carbocycles. The first kappa shape index (κ1) is 15.5. The molecule has 126 valence electrons. The first-order valence-electron chi connectivity index (χ1n) is 9.33. The number of benzene rings is 1. The molecule has 0 saturated heterocycles. The SMILES string of the molecule is CCc1cccc2c3c([nH]c12)CC[C@@H](NC(=O)[C@@H]1CC=CCC1)C3. The normalized spacial score (nSPS) is 23.2. The van der Waals surface area contributed by atoms with E-state index in [1.54, 1.807) is 0 Å². The summed E-state index contributed by atoms with van der Waals surface area (Å²) in [5, 5.41) is 4.68. The summed E-state index contributed by atoms with van der Waals surface area (Å²) in [4.78, 5) is 16.2. The van der Waals surface area contributed by atoms with Crippen LogP contribution in [0.4, 0.5) is 0 Å². The van der Waals surface area contributed by atoms with Gasteiger partial charge in [0.2, 0.25) is 5.91 Å². The van der Waals surface area contributed by atoms with Gasteiger partial charge in [0.1, 0.15) is 0 Å². The molecule has 4 rings (SSSR count). The first-order chi connectivity index (χ1) is 11.8. The van der Waals surface area contributed by atoms with Crippen LogP contribution >= 0.6 is 0 Å². The second-order valence-corrected chi connectivity index (χ2v) is 7.21. The standard InChI is InChI=1S/C21H26N2O/c1-2-14-9-6-10-17-18-13-16(11-12-19(18)23-20(14)17)22-21(24)15-7-4-3-5-8-15/h3-4,6,9-10,15-16,23H,2,5,7-8,11-13H2,1H3,(H,22,24)/t15-,16-/m1/s1. The Hall–Kier alpha value is -2.03. The lowest BCUT2D eigenvalue weighted by Gasteiger charge is -2.26. The van der Waals surface area contributed by atoms with Crippen molar-refractivity contribution in [3.63, 3.8) is 0 Å². The highest BCUT2D eigenvalue weighted by Gasteiger charge is 2.26. The Balaban J connectivity index is 1.53. The average molecular weight is 322 g/mol. The number of amides is 1. The molecule has 3 heteroatoms. The van der Waals surface area contributed by atoms with E-state index >= 15 is 0 Å². The van der Waals surface area contributed by atoms with Crippen molar-refractivity contribution >= 4 is 16.8 Å². The van der Waals surface area contributed by atoms with Gasteiger partial charge in [-0.05, 0) is 56.1 Å². The molecule has 1 heterocycles. The van der Waals surface area contributed by atoms with Crippen molar-refractivity contribution < 1.29 is 4.79 Å². The topological polar surface area (TPSA) is 44.9 Å². The number of hydrogen-bond acceptors (Lipinski definition) is 1. The van der Waals surface area contributed by atoms with Crippen LogP contribution in [0.1, 0.15) is 49.4 Å². The minimum Gasteiger partial charge on any atom is -0.358 e. The molecule has 1 amide bonds. The number of aromatic amines is 1. The molecule has 2 N–H and O–H groups in total. The molecular formula is C21H26N2O. The van der Waals surface area contributed by atoms with E-state index < -0.39 is 0 Å². The molecule has 2 aliphatic rings. The van der Waals surface area contributed by atoms with Gasteiger partial charge in [0, 0.05) is 28.6 Å². The summed E-state index contributed by atoms with van der Waals surface area (Å²) in [5.74, 6) is 0.424. The summed E-state index contributed by atoms with van der Waals surface area (Å²) >= 11 is 0. The first-order valence-corrected chi connectivity index (χ1v) is 9.33. The zero-order valence-corrected chi connectivity index (χ0v) is 14.4. The molecule has 1 aromatic carbocycles. The fraction of sp³-hybridized carbons (Fsp3) is 0.476. The minimum atomic E-state index is 0.172. The average Bonchev–Trinajstić information content (AvgIpc) is 3.00. The molecule has 1 aromatic heterocycles. The van der Waals surface area contributed by atoms with E-state index in [1.165, 1.54) is 27.7 Å². The van der Waals surface area contributed by atoms with E-state index in [-0.39, 0.29) is 17.9 Å². The van der Waals surface area contributed by atoms with E-state index in [2.05, 4.69) is 47.6 Å². The fourth-order valence-electron chi connectivity index (χ4n) is 4.27. The maximum absolute atomic E-state index is 12.5. The van der Waals surface area contributed by atoms with Crippen LogP contribution in [0, 0.1) is 5.92 Å². The van der Waals surface area contributed by atoms with E-state index in [0.717, 1.165) is 44.9 Å². The molecule has 24 heavy (non-hydrogen) atoms. The Morgan fingerprint density at radius 2 is 2.21 bits per heavy atom. The van der Waals surface area contributed by atoms with Crippen molar-refractivity contribution in [3.8, 4) is 0 Å². The summed E-state index contributed by atoms with van der Waals surface area (Å²) < 4.78 is 0. The lowest BCUT2D eigenvalue weighted by molar-refractivity contribution is -0.126. The molecule has 0 spiro atoms. The van der Waals surface area contributed by atoms with Gasteiger partial charge in [-0.25, -0.2) is 0 Å². The summed E-state index contributed by atoms with van der Waals surface area (Å²) in [6.07, 6.45) is 11.3. The Morgan fingerprint density at radius 3 is 3.00 bits per heavy atom. The Morgan fingerprint density at radius 1 is 1.29 bits per heavy atom. The number of aryl methyl sites for hydroxylation is 2. The molecule has 2 aromatic rings. The lowest BCUT2D eigenvalue weighted by atomic mass is 9.89. The van der Waals surface area contributed by atoms with Crippen LogP contribution < -0.4 is 5.32 Å². The second kappa shape index (κ2) is 6.46. The zero-order chi connectivity index (χ0) is 16.5. The molecule has 0 aliphatic heterocycles. The predicted octanol–water partition coefficient (Wildman–Crippen LogP) is 4.06. The van der Waals surface area contributed by atoms with Crippen molar-refractivity contribution in [1.82, 2.24) is 10.3 Å². The maximum atomic E-state index is 12.5. The van der Waals surface area contributed by atoms with Crippen LogP contribution in [0.25, 0.3) is 10.9 Å². The number of para-hydroxylation sites is 1. The van der Waals surface area contributed by atoms with Crippen molar-refractivity contribution in [3.05, 3.63) is 47.2 Å². The van der Waals surface area contributed by atoms with Crippen LogP contribution in [-0.4, -0.2) is 16.9 Å². The highest BCUT2D eigenvalue weighted by Crippen LogP contribution is 2.31. The lowest BCUT2D eigenvalue weighted by Crippen LogP contribution is -2.42. The second-order valence-electron chi connectivity index (χ2n) is 7.21. The summed E-state index contributed by atoms with van der Waals surface area (Å²) in [5.41, 5.74) is 5.48. The van der Waals surface area contributed by atoms with E-state index in [4.69, 9.17) is 0 Å². The number of rotatable bonds is 3. The van der Waals surface area contributed by atoms with Gasteiger partial charge in [-0.1, -0.05) is 37.3 Å². The number of carbonyl (C=O) groups is 1. The molecule has 3 nitrogen and oxygen atoms in total. The Bertz CT molecular complexity index is 786. The Kier molecular flexibility index (Phi) is 4.17. The molecular weight excluding hydrogens is 296 g/mol. The smallest absolute Gasteiger partial charge is 0.223 e. The monoisotopic (exact) mass is 322 g/mol. The largest absolute Gasteiger partial charge is 0.358 e. The Labute approximate surface area is 143 Å². The van der Waals surface area contributed by atoms with Crippen molar-refractivity contribution in [2.45, 2.75) is 57.9 Å². The van der Waals surface area contributed by atoms with Gasteiger partial charge < -0.3 is 10.3 Å². The number of aromatic nitrogens is 1. The number of hydrogen-bond donors (Lipinski definition) is 2. The van der Waals surface area contributed by atoms with Gasteiger partial charge in [-0.2, -0.15) is 0 Å². The molecule has 0 bridgehead atoms. The van der Waals surface area contributed by atoms with Crippen molar-refractivity contribution in [2.75, 3.05) is 0 Å². The summed E-state index contributed by atoms with van der Waals surface area (Å²) in [6, 6.07) is 6.87. The van der Waals surface area contributed by atoms with E-state index in [1.807, 2.05) is 0 Å². The number of allylic oxidation sites excluding steroid dienone is 2. The van der Waals surface area contributed by atoms with Gasteiger partial charge in [-0.15, -0.1) is 0 Å². The van der Waals surface area contributed by atoms with Crippen molar-refractivity contribution in [2.24, 2.45) is 5.92 Å². The highest BCUT2D eigenvalue weighted by atomic mass is 16.1. The highest BCUT2D eigenvalue weighted by molar-refractivity contribution is 5.88. The third-order valence-corrected chi connectivity index (χ3v) is 5.68.